The Hall–Kier alpha value is -2.08. The Morgan fingerprint density at radius 2 is 2.18 bits per heavy atom. The fourth-order valence-corrected chi connectivity index (χ4v) is 1.69. The molecule has 0 saturated carbocycles. The zero-order chi connectivity index (χ0) is 16.4. The van der Waals surface area contributed by atoms with Crippen molar-refractivity contribution in [3.8, 4) is 11.5 Å². The van der Waals surface area contributed by atoms with Crippen LogP contribution in [0.2, 0.25) is 0 Å². The Morgan fingerprint density at radius 3 is 2.82 bits per heavy atom. The van der Waals surface area contributed by atoms with E-state index in [9.17, 15) is 0 Å². The summed E-state index contributed by atoms with van der Waals surface area (Å²) in [4.78, 5) is 0. The van der Waals surface area contributed by atoms with E-state index in [1.54, 1.807) is 19.4 Å². The summed E-state index contributed by atoms with van der Waals surface area (Å²) in [5.41, 5.74) is 3.79. The molecule has 0 unspecified atom stereocenters. The number of rotatable bonds is 8. The molecule has 0 radical (unpaired) electrons. The summed E-state index contributed by atoms with van der Waals surface area (Å²) in [6.07, 6.45) is 3.52. The van der Waals surface area contributed by atoms with Gasteiger partial charge in [0.2, 0.25) is 5.11 Å². The molecule has 0 amide bonds. The second-order valence-electron chi connectivity index (χ2n) is 5.03. The smallest absolute Gasteiger partial charge is 0.224 e. The molecule has 6 heteroatoms. The highest BCUT2D eigenvalue weighted by Crippen LogP contribution is 2.27. The molecule has 1 aromatic carbocycles. The first kappa shape index (κ1) is 18.0. The van der Waals surface area contributed by atoms with Crippen LogP contribution in [0.1, 0.15) is 19.4 Å². The number of ether oxygens (including phenoxy) is 2. The lowest BCUT2D eigenvalue weighted by molar-refractivity contribution is -0.500. The van der Waals surface area contributed by atoms with Gasteiger partial charge in [0.25, 0.3) is 0 Å². The number of thiocarbonyl (C=S) groups is 1. The first-order valence-electron chi connectivity index (χ1n) is 7.11. The van der Waals surface area contributed by atoms with Crippen molar-refractivity contribution in [1.29, 1.82) is 0 Å². The van der Waals surface area contributed by atoms with Gasteiger partial charge in [-0.2, -0.15) is 0 Å². The summed E-state index contributed by atoms with van der Waals surface area (Å²) in [6.45, 7) is 9.09. The van der Waals surface area contributed by atoms with Crippen LogP contribution in [-0.2, 0) is 0 Å². The van der Waals surface area contributed by atoms with E-state index in [-0.39, 0.29) is 0 Å². The highest BCUT2D eigenvalue weighted by Gasteiger charge is 2.07. The van der Waals surface area contributed by atoms with Crippen LogP contribution in [-0.4, -0.2) is 31.6 Å². The number of methoxy groups -OCH3 is 1. The SMILES string of the molecule is C=CCNC(=S)N[NH+]=Cc1ccc(OCC(C)C)c(OC)c1. The van der Waals surface area contributed by atoms with E-state index in [0.29, 0.717) is 29.9 Å². The van der Waals surface area contributed by atoms with Crippen molar-refractivity contribution in [2.75, 3.05) is 20.3 Å². The molecule has 0 aliphatic carbocycles. The normalized spacial score (nSPS) is 10.5. The van der Waals surface area contributed by atoms with Gasteiger partial charge in [-0.1, -0.05) is 19.9 Å². The molecule has 0 aliphatic heterocycles. The van der Waals surface area contributed by atoms with Crippen molar-refractivity contribution in [2.45, 2.75) is 13.8 Å². The maximum atomic E-state index is 5.72. The molecule has 0 saturated heterocycles. The average molecular weight is 322 g/mol. The van der Waals surface area contributed by atoms with Gasteiger partial charge in [0.05, 0.1) is 13.7 Å². The minimum atomic E-state index is 0.464. The molecule has 0 atom stereocenters. The fourth-order valence-electron chi connectivity index (χ4n) is 1.54. The molecular weight excluding hydrogens is 298 g/mol. The van der Waals surface area contributed by atoms with E-state index < -0.39 is 0 Å². The van der Waals surface area contributed by atoms with E-state index in [2.05, 4.69) is 36.3 Å². The van der Waals surface area contributed by atoms with Crippen LogP contribution < -0.4 is 25.3 Å². The van der Waals surface area contributed by atoms with Gasteiger partial charge >= 0.3 is 0 Å². The first-order chi connectivity index (χ1) is 10.6. The Balaban J connectivity index is 2.64. The maximum absolute atomic E-state index is 5.72. The summed E-state index contributed by atoms with van der Waals surface area (Å²) in [7, 11) is 1.63. The zero-order valence-electron chi connectivity index (χ0n) is 13.3. The van der Waals surface area contributed by atoms with E-state index in [1.807, 2.05) is 18.2 Å². The lowest BCUT2D eigenvalue weighted by atomic mass is 10.2. The number of nitrogens with one attached hydrogen (secondary N) is 3. The van der Waals surface area contributed by atoms with E-state index in [0.717, 1.165) is 11.3 Å². The van der Waals surface area contributed by atoms with Crippen molar-refractivity contribution in [3.63, 3.8) is 0 Å². The summed E-state index contributed by atoms with van der Waals surface area (Å²) in [5, 5.41) is 6.37. The molecular formula is C16H24N3O2S+. The fraction of sp³-hybridized carbons (Fsp3) is 0.375. The summed E-state index contributed by atoms with van der Waals surface area (Å²) >= 11 is 5.07. The average Bonchev–Trinajstić information content (AvgIpc) is 2.51. The minimum Gasteiger partial charge on any atom is -0.493 e. The molecule has 3 N–H and O–H groups in total. The Bertz CT molecular complexity index is 530. The molecule has 120 valence electrons. The second-order valence-corrected chi connectivity index (χ2v) is 5.44. The van der Waals surface area contributed by atoms with Crippen molar-refractivity contribution in [1.82, 2.24) is 10.7 Å². The summed E-state index contributed by atoms with van der Waals surface area (Å²) in [6, 6.07) is 5.72. The maximum Gasteiger partial charge on any atom is 0.224 e. The third kappa shape index (κ3) is 6.58. The number of hydrazone groups is 1. The van der Waals surface area contributed by atoms with Gasteiger partial charge in [0.15, 0.2) is 17.7 Å². The van der Waals surface area contributed by atoms with Crippen LogP contribution in [0.5, 0.6) is 11.5 Å². The summed E-state index contributed by atoms with van der Waals surface area (Å²) < 4.78 is 11.1. The van der Waals surface area contributed by atoms with Gasteiger partial charge in [-0.05, 0) is 36.3 Å². The standard InChI is InChI=1S/C16H23N3O2S/c1-5-8-17-16(22)19-18-10-13-6-7-14(15(9-13)20-4)21-11-12(2)3/h5-7,9-10,12H,1,8,11H2,2-4H3,(H2,17,19,22)/p+1. The highest BCUT2D eigenvalue weighted by molar-refractivity contribution is 7.80. The van der Waals surface area contributed by atoms with Crippen molar-refractivity contribution in [3.05, 3.63) is 36.4 Å². The zero-order valence-corrected chi connectivity index (χ0v) is 14.1. The summed E-state index contributed by atoms with van der Waals surface area (Å²) in [5.74, 6) is 1.90. The van der Waals surface area contributed by atoms with Crippen LogP contribution in [0.3, 0.4) is 0 Å². The van der Waals surface area contributed by atoms with Crippen LogP contribution >= 0.6 is 12.2 Å². The minimum absolute atomic E-state index is 0.464. The number of benzene rings is 1. The third-order valence-electron chi connectivity index (χ3n) is 2.59. The topological polar surface area (TPSA) is 56.5 Å². The van der Waals surface area contributed by atoms with Crippen LogP contribution in [0.15, 0.2) is 30.9 Å². The predicted molar refractivity (Wildman–Crippen MR) is 93.4 cm³/mol. The third-order valence-corrected chi connectivity index (χ3v) is 2.84. The lowest BCUT2D eigenvalue weighted by Gasteiger charge is -2.12. The molecule has 0 spiro atoms. The van der Waals surface area contributed by atoms with Gasteiger partial charge in [-0.15, -0.1) is 17.1 Å². The van der Waals surface area contributed by atoms with E-state index in [1.165, 1.54) is 0 Å². The van der Waals surface area contributed by atoms with Crippen LogP contribution in [0.25, 0.3) is 0 Å². The molecule has 0 fully saturated rings. The number of hydrazine groups is 1. The molecule has 0 bridgehead atoms. The van der Waals surface area contributed by atoms with Crippen molar-refractivity contribution in [2.24, 2.45) is 5.92 Å². The molecule has 0 aromatic heterocycles. The van der Waals surface area contributed by atoms with Crippen LogP contribution in [0.4, 0.5) is 0 Å². The molecule has 1 rings (SSSR count). The Labute approximate surface area is 137 Å². The molecule has 5 nitrogen and oxygen atoms in total. The lowest BCUT2D eigenvalue weighted by Crippen LogP contribution is -2.82. The predicted octanol–water partition coefficient (Wildman–Crippen LogP) is 0.795. The molecule has 0 aliphatic rings. The largest absolute Gasteiger partial charge is 0.493 e. The Morgan fingerprint density at radius 1 is 1.41 bits per heavy atom. The van der Waals surface area contributed by atoms with Gasteiger partial charge < -0.3 is 14.8 Å². The quantitative estimate of drug-likeness (QED) is 0.286. The van der Waals surface area contributed by atoms with Gasteiger partial charge in [-0.25, -0.2) is 0 Å². The molecule has 1 aromatic rings. The van der Waals surface area contributed by atoms with E-state index >= 15 is 0 Å². The second kappa shape index (κ2) is 9.78. The Kier molecular flexibility index (Phi) is 7.99. The van der Waals surface area contributed by atoms with Gasteiger partial charge in [0, 0.05) is 12.1 Å². The van der Waals surface area contributed by atoms with Crippen LogP contribution in [0, 0.1) is 5.92 Å². The molecule has 0 heterocycles. The van der Waals surface area contributed by atoms with Gasteiger partial charge in [0.1, 0.15) is 0 Å². The molecule has 22 heavy (non-hydrogen) atoms. The van der Waals surface area contributed by atoms with Crippen molar-refractivity contribution < 1.29 is 14.6 Å². The van der Waals surface area contributed by atoms with Gasteiger partial charge in [-0.3, -0.25) is 0 Å². The highest BCUT2D eigenvalue weighted by atomic mass is 32.1. The first-order valence-corrected chi connectivity index (χ1v) is 7.52. The number of hydrogen-bond acceptors (Lipinski definition) is 3. The van der Waals surface area contributed by atoms with Crippen molar-refractivity contribution >= 4 is 23.5 Å². The van der Waals surface area contributed by atoms with E-state index in [4.69, 9.17) is 21.7 Å². The number of hydrogen-bond donors (Lipinski definition) is 3. The monoisotopic (exact) mass is 322 g/mol.